The maximum atomic E-state index is 11.7. The first-order chi connectivity index (χ1) is 8.29. The molecule has 1 aromatic heterocycles. The number of thiophene rings is 1. The zero-order valence-electron chi connectivity index (χ0n) is 9.77. The second kappa shape index (κ2) is 5.64. The number of carbonyl (C=O) groups excluding carboxylic acids is 1. The van der Waals surface area contributed by atoms with Gasteiger partial charge >= 0.3 is 0 Å². The van der Waals surface area contributed by atoms with Crippen molar-refractivity contribution in [3.8, 4) is 0 Å². The molecular weight excluding hydrogens is 230 g/mol. The highest BCUT2D eigenvalue weighted by Gasteiger charge is 2.05. The molecule has 1 heterocycles. The number of amides is 1. The zero-order valence-corrected chi connectivity index (χ0v) is 10.6. The average Bonchev–Trinajstić information content (AvgIpc) is 2.90. The van der Waals surface area contributed by atoms with Gasteiger partial charge < -0.3 is 5.32 Å². The van der Waals surface area contributed by atoms with Crippen LogP contribution in [0.3, 0.4) is 0 Å². The summed E-state index contributed by atoms with van der Waals surface area (Å²) in [7, 11) is 0. The summed E-state index contributed by atoms with van der Waals surface area (Å²) < 4.78 is 0. The fourth-order valence-electron chi connectivity index (χ4n) is 1.57. The maximum absolute atomic E-state index is 11.7. The van der Waals surface area contributed by atoms with E-state index in [0.717, 1.165) is 16.9 Å². The highest BCUT2D eigenvalue weighted by molar-refractivity contribution is 7.12. The van der Waals surface area contributed by atoms with Gasteiger partial charge in [0.25, 0.3) is 5.91 Å². The molecule has 2 aromatic rings. The molecule has 1 amide bonds. The van der Waals surface area contributed by atoms with E-state index < -0.39 is 0 Å². The predicted octanol–water partition coefficient (Wildman–Crippen LogP) is 3.24. The number of hydrogen-bond acceptors (Lipinski definition) is 2. The molecule has 2 nitrogen and oxygen atoms in total. The molecule has 0 atom stereocenters. The molecule has 0 saturated carbocycles. The quantitative estimate of drug-likeness (QED) is 0.880. The Bertz CT molecular complexity index is 473. The zero-order chi connectivity index (χ0) is 12.1. The van der Waals surface area contributed by atoms with Gasteiger partial charge in [-0.05, 0) is 29.0 Å². The van der Waals surface area contributed by atoms with Gasteiger partial charge in [0.1, 0.15) is 0 Å². The number of carbonyl (C=O) groups is 1. The molecule has 1 aromatic carbocycles. The van der Waals surface area contributed by atoms with Gasteiger partial charge in [-0.2, -0.15) is 0 Å². The molecule has 17 heavy (non-hydrogen) atoms. The van der Waals surface area contributed by atoms with E-state index in [0.29, 0.717) is 6.54 Å². The van der Waals surface area contributed by atoms with Gasteiger partial charge in [-0.3, -0.25) is 4.79 Å². The Kier molecular flexibility index (Phi) is 3.94. The molecular formula is C14H15NOS. The van der Waals surface area contributed by atoms with Crippen LogP contribution >= 0.6 is 11.3 Å². The summed E-state index contributed by atoms with van der Waals surface area (Å²) in [5, 5.41) is 4.82. The minimum Gasteiger partial charge on any atom is -0.347 e. The maximum Gasteiger partial charge on any atom is 0.261 e. The largest absolute Gasteiger partial charge is 0.347 e. The monoisotopic (exact) mass is 245 g/mol. The topological polar surface area (TPSA) is 29.1 Å². The van der Waals surface area contributed by atoms with Crippen LogP contribution in [0.25, 0.3) is 0 Å². The minimum atomic E-state index is -0.000400. The van der Waals surface area contributed by atoms with Crippen LogP contribution in [0.2, 0.25) is 0 Å². The number of rotatable bonds is 4. The Labute approximate surface area is 105 Å². The van der Waals surface area contributed by atoms with E-state index in [2.05, 4.69) is 36.5 Å². The van der Waals surface area contributed by atoms with Crippen LogP contribution in [0.5, 0.6) is 0 Å². The van der Waals surface area contributed by atoms with Gasteiger partial charge in [0, 0.05) is 6.54 Å². The average molecular weight is 245 g/mol. The molecule has 2 rings (SSSR count). The summed E-state index contributed by atoms with van der Waals surface area (Å²) in [5.74, 6) is -0.000400. The van der Waals surface area contributed by atoms with Gasteiger partial charge in [-0.1, -0.05) is 37.3 Å². The van der Waals surface area contributed by atoms with Crippen molar-refractivity contribution >= 4 is 17.2 Å². The van der Waals surface area contributed by atoms with Gasteiger partial charge in [-0.25, -0.2) is 0 Å². The summed E-state index contributed by atoms with van der Waals surface area (Å²) in [6.07, 6.45) is 1.04. The number of aryl methyl sites for hydroxylation is 1. The third-order valence-electron chi connectivity index (χ3n) is 2.63. The smallest absolute Gasteiger partial charge is 0.261 e. The molecule has 0 fully saturated rings. The van der Waals surface area contributed by atoms with Crippen LogP contribution in [-0.4, -0.2) is 5.91 Å². The normalized spacial score (nSPS) is 10.2. The van der Waals surface area contributed by atoms with E-state index in [1.807, 2.05) is 17.5 Å². The molecule has 1 N–H and O–H groups in total. The number of nitrogens with one attached hydrogen (secondary N) is 1. The molecule has 0 bridgehead atoms. The van der Waals surface area contributed by atoms with Crippen LogP contribution in [0, 0.1) is 0 Å². The standard InChI is InChI=1S/C14H15NOS/c1-2-11-5-7-12(8-6-11)10-15-14(16)13-4-3-9-17-13/h3-9H,2,10H2,1H3,(H,15,16). The molecule has 3 heteroatoms. The predicted molar refractivity (Wildman–Crippen MR) is 71.3 cm³/mol. The van der Waals surface area contributed by atoms with Crippen molar-refractivity contribution in [1.82, 2.24) is 5.32 Å². The van der Waals surface area contributed by atoms with Crippen molar-refractivity contribution < 1.29 is 4.79 Å². The van der Waals surface area contributed by atoms with E-state index in [1.165, 1.54) is 16.9 Å². The lowest BCUT2D eigenvalue weighted by molar-refractivity contribution is 0.0955. The first-order valence-electron chi connectivity index (χ1n) is 5.69. The van der Waals surface area contributed by atoms with Crippen LogP contribution < -0.4 is 5.32 Å². The summed E-state index contributed by atoms with van der Waals surface area (Å²) >= 11 is 1.46. The van der Waals surface area contributed by atoms with E-state index in [-0.39, 0.29) is 5.91 Å². The van der Waals surface area contributed by atoms with Gasteiger partial charge in [0.2, 0.25) is 0 Å². The van der Waals surface area contributed by atoms with E-state index in [4.69, 9.17) is 0 Å². The molecule has 0 aliphatic heterocycles. The first-order valence-corrected chi connectivity index (χ1v) is 6.57. The molecule has 0 spiro atoms. The Balaban J connectivity index is 1.91. The molecule has 0 unspecified atom stereocenters. The SMILES string of the molecule is CCc1ccc(CNC(=O)c2cccs2)cc1. The lowest BCUT2D eigenvalue weighted by Gasteiger charge is -2.04. The van der Waals surface area contributed by atoms with E-state index in [9.17, 15) is 4.79 Å². The molecule has 0 aliphatic carbocycles. The van der Waals surface area contributed by atoms with Crippen molar-refractivity contribution in [2.45, 2.75) is 19.9 Å². The second-order valence-electron chi connectivity index (χ2n) is 3.83. The van der Waals surface area contributed by atoms with E-state index in [1.54, 1.807) is 0 Å². The van der Waals surface area contributed by atoms with Crippen LogP contribution in [0.4, 0.5) is 0 Å². The number of hydrogen-bond donors (Lipinski definition) is 1. The van der Waals surface area contributed by atoms with Gasteiger partial charge in [-0.15, -0.1) is 11.3 Å². The highest BCUT2D eigenvalue weighted by Crippen LogP contribution is 2.09. The summed E-state index contributed by atoms with van der Waals surface area (Å²) in [5.41, 5.74) is 2.45. The fourth-order valence-corrected chi connectivity index (χ4v) is 2.21. The summed E-state index contributed by atoms with van der Waals surface area (Å²) in [4.78, 5) is 12.5. The van der Waals surface area contributed by atoms with Crippen LogP contribution in [0.15, 0.2) is 41.8 Å². The molecule has 0 radical (unpaired) electrons. The molecule has 0 aliphatic rings. The van der Waals surface area contributed by atoms with Crippen molar-refractivity contribution in [2.75, 3.05) is 0 Å². The minimum absolute atomic E-state index is 0.000400. The summed E-state index contributed by atoms with van der Waals surface area (Å²) in [6.45, 7) is 2.72. The van der Waals surface area contributed by atoms with E-state index >= 15 is 0 Å². The summed E-state index contributed by atoms with van der Waals surface area (Å²) in [6, 6.07) is 12.1. The lowest BCUT2D eigenvalue weighted by Crippen LogP contribution is -2.21. The Morgan fingerprint density at radius 1 is 1.18 bits per heavy atom. The van der Waals surface area contributed by atoms with Crippen LogP contribution in [-0.2, 0) is 13.0 Å². The Morgan fingerprint density at radius 3 is 2.47 bits per heavy atom. The van der Waals surface area contributed by atoms with Crippen molar-refractivity contribution in [3.63, 3.8) is 0 Å². The fraction of sp³-hybridized carbons (Fsp3) is 0.214. The third-order valence-corrected chi connectivity index (χ3v) is 3.50. The van der Waals surface area contributed by atoms with Gasteiger partial charge in [0.15, 0.2) is 0 Å². The van der Waals surface area contributed by atoms with Crippen molar-refractivity contribution in [1.29, 1.82) is 0 Å². The molecule has 0 saturated heterocycles. The van der Waals surface area contributed by atoms with Gasteiger partial charge in [0.05, 0.1) is 4.88 Å². The number of benzene rings is 1. The molecule has 88 valence electrons. The lowest BCUT2D eigenvalue weighted by atomic mass is 10.1. The van der Waals surface area contributed by atoms with Crippen molar-refractivity contribution in [3.05, 3.63) is 57.8 Å². The highest BCUT2D eigenvalue weighted by atomic mass is 32.1. The van der Waals surface area contributed by atoms with Crippen LogP contribution in [0.1, 0.15) is 27.7 Å². The Morgan fingerprint density at radius 2 is 1.88 bits per heavy atom. The third kappa shape index (κ3) is 3.17. The van der Waals surface area contributed by atoms with Crippen molar-refractivity contribution in [2.24, 2.45) is 0 Å². The second-order valence-corrected chi connectivity index (χ2v) is 4.78. The Hall–Kier alpha value is -1.61. The first kappa shape index (κ1) is 11.9.